The van der Waals surface area contributed by atoms with Crippen molar-refractivity contribution < 1.29 is 4.42 Å². The molecule has 0 saturated heterocycles. The van der Waals surface area contributed by atoms with Gasteiger partial charge in [0.25, 0.3) is 0 Å². The molecule has 0 spiro atoms. The molecule has 0 amide bonds. The van der Waals surface area contributed by atoms with Crippen LogP contribution in [0.15, 0.2) is 34.7 Å². The fourth-order valence-electron chi connectivity index (χ4n) is 1.21. The van der Waals surface area contributed by atoms with E-state index in [0.717, 1.165) is 17.6 Å². The number of benzene rings is 1. The van der Waals surface area contributed by atoms with Crippen LogP contribution in [0.5, 0.6) is 0 Å². The Balaban J connectivity index is 1.80. The SMILES string of the molecule is Cc1nnc(CC[Se]c2ccccc2)o1. The van der Waals surface area contributed by atoms with Gasteiger partial charge < -0.3 is 0 Å². The third kappa shape index (κ3) is 3.18. The summed E-state index contributed by atoms with van der Waals surface area (Å²) in [4.78, 5) is 0. The molecular formula is C11H12N2OSe. The molecule has 15 heavy (non-hydrogen) atoms. The van der Waals surface area contributed by atoms with Gasteiger partial charge in [0.2, 0.25) is 0 Å². The molecule has 78 valence electrons. The quantitative estimate of drug-likeness (QED) is 0.785. The van der Waals surface area contributed by atoms with E-state index in [1.807, 2.05) is 13.0 Å². The van der Waals surface area contributed by atoms with Crippen molar-refractivity contribution in [3.05, 3.63) is 42.1 Å². The molecule has 0 bridgehead atoms. The van der Waals surface area contributed by atoms with Crippen LogP contribution >= 0.6 is 0 Å². The van der Waals surface area contributed by atoms with Gasteiger partial charge in [-0.3, -0.25) is 0 Å². The van der Waals surface area contributed by atoms with Crippen LogP contribution in [0.3, 0.4) is 0 Å². The topological polar surface area (TPSA) is 38.9 Å². The molecule has 1 aromatic heterocycles. The second-order valence-electron chi connectivity index (χ2n) is 3.13. The number of rotatable bonds is 4. The summed E-state index contributed by atoms with van der Waals surface area (Å²) < 4.78 is 6.73. The van der Waals surface area contributed by atoms with Crippen molar-refractivity contribution in [1.82, 2.24) is 10.2 Å². The Morgan fingerprint density at radius 2 is 2.00 bits per heavy atom. The van der Waals surface area contributed by atoms with Gasteiger partial charge in [0.05, 0.1) is 0 Å². The average molecular weight is 267 g/mol. The molecule has 2 aromatic rings. The maximum absolute atomic E-state index is 5.31. The fourth-order valence-corrected chi connectivity index (χ4v) is 3.02. The molecule has 0 saturated carbocycles. The van der Waals surface area contributed by atoms with Crippen molar-refractivity contribution in [3.8, 4) is 0 Å². The zero-order valence-corrected chi connectivity index (χ0v) is 10.2. The molecule has 0 aliphatic carbocycles. The number of aromatic nitrogens is 2. The van der Waals surface area contributed by atoms with Gasteiger partial charge in [-0.15, -0.1) is 0 Å². The van der Waals surface area contributed by atoms with Gasteiger partial charge in [0.15, 0.2) is 0 Å². The summed E-state index contributed by atoms with van der Waals surface area (Å²) in [6.07, 6.45) is 0.885. The molecule has 1 heterocycles. The zero-order valence-electron chi connectivity index (χ0n) is 8.51. The van der Waals surface area contributed by atoms with E-state index in [1.165, 1.54) is 4.46 Å². The minimum atomic E-state index is 0.504. The summed E-state index contributed by atoms with van der Waals surface area (Å²) in [6, 6.07) is 10.5. The summed E-state index contributed by atoms with van der Waals surface area (Å²) in [5, 5.41) is 8.88. The van der Waals surface area contributed by atoms with Crippen LogP contribution in [-0.2, 0) is 6.42 Å². The first-order chi connectivity index (χ1) is 7.34. The maximum atomic E-state index is 5.31. The van der Waals surface area contributed by atoms with E-state index >= 15 is 0 Å². The Kier molecular flexibility index (Phi) is 3.54. The van der Waals surface area contributed by atoms with E-state index in [-0.39, 0.29) is 0 Å². The molecule has 0 atom stereocenters. The van der Waals surface area contributed by atoms with E-state index in [1.54, 1.807) is 0 Å². The van der Waals surface area contributed by atoms with E-state index in [4.69, 9.17) is 4.42 Å². The van der Waals surface area contributed by atoms with Crippen molar-refractivity contribution in [1.29, 1.82) is 0 Å². The molecule has 2 rings (SSSR count). The van der Waals surface area contributed by atoms with Crippen LogP contribution in [0.2, 0.25) is 5.32 Å². The van der Waals surface area contributed by atoms with Crippen LogP contribution in [0.1, 0.15) is 11.8 Å². The van der Waals surface area contributed by atoms with Gasteiger partial charge in [0.1, 0.15) is 0 Å². The normalized spacial score (nSPS) is 10.5. The summed E-state index contributed by atoms with van der Waals surface area (Å²) >= 11 is 0.504. The second kappa shape index (κ2) is 5.10. The van der Waals surface area contributed by atoms with Gasteiger partial charge >= 0.3 is 94.8 Å². The number of nitrogens with zero attached hydrogens (tertiary/aromatic N) is 2. The Hall–Kier alpha value is -1.12. The molecule has 0 radical (unpaired) electrons. The molecule has 0 N–H and O–H groups in total. The molecule has 0 unspecified atom stereocenters. The Labute approximate surface area is 95.1 Å². The van der Waals surface area contributed by atoms with Crippen molar-refractivity contribution in [2.24, 2.45) is 0 Å². The third-order valence-corrected chi connectivity index (χ3v) is 4.02. The minimum absolute atomic E-state index is 0.504. The van der Waals surface area contributed by atoms with Crippen molar-refractivity contribution >= 4 is 19.4 Å². The Bertz CT molecular complexity index is 414. The van der Waals surface area contributed by atoms with Crippen LogP contribution in [-0.4, -0.2) is 25.2 Å². The molecule has 0 fully saturated rings. The summed E-state index contributed by atoms with van der Waals surface area (Å²) in [5.41, 5.74) is 0. The van der Waals surface area contributed by atoms with Crippen molar-refractivity contribution in [2.45, 2.75) is 18.7 Å². The van der Waals surface area contributed by atoms with Crippen molar-refractivity contribution in [2.75, 3.05) is 0 Å². The predicted molar refractivity (Wildman–Crippen MR) is 59.4 cm³/mol. The van der Waals surface area contributed by atoms with Crippen LogP contribution < -0.4 is 4.46 Å². The Morgan fingerprint density at radius 3 is 2.67 bits per heavy atom. The van der Waals surface area contributed by atoms with Gasteiger partial charge in [-0.05, 0) is 0 Å². The molecule has 3 nitrogen and oxygen atoms in total. The summed E-state index contributed by atoms with van der Waals surface area (Å²) in [7, 11) is 0. The molecule has 0 aliphatic heterocycles. The van der Waals surface area contributed by atoms with E-state index in [2.05, 4.69) is 34.5 Å². The van der Waals surface area contributed by atoms with Gasteiger partial charge in [-0.25, -0.2) is 0 Å². The van der Waals surface area contributed by atoms with Crippen molar-refractivity contribution in [3.63, 3.8) is 0 Å². The van der Waals surface area contributed by atoms with Gasteiger partial charge in [-0.2, -0.15) is 0 Å². The van der Waals surface area contributed by atoms with Crippen LogP contribution in [0, 0.1) is 6.92 Å². The standard InChI is InChI=1S/C11H12N2OSe/c1-9-12-13-11(14-9)7-8-15-10-5-3-2-4-6-10/h2-6H,7-8H2,1H3. The van der Waals surface area contributed by atoms with Crippen LogP contribution in [0.25, 0.3) is 0 Å². The van der Waals surface area contributed by atoms with Gasteiger partial charge in [-0.1, -0.05) is 0 Å². The Morgan fingerprint density at radius 1 is 1.20 bits per heavy atom. The van der Waals surface area contributed by atoms with Crippen LogP contribution in [0.4, 0.5) is 0 Å². The van der Waals surface area contributed by atoms with E-state index in [9.17, 15) is 0 Å². The summed E-state index contributed by atoms with van der Waals surface area (Å²) in [5.74, 6) is 1.41. The molecule has 4 heteroatoms. The predicted octanol–water partition coefficient (Wildman–Crippen LogP) is 1.37. The average Bonchev–Trinajstić information content (AvgIpc) is 2.66. The van der Waals surface area contributed by atoms with Gasteiger partial charge in [0, 0.05) is 0 Å². The molecule has 1 aromatic carbocycles. The molecular weight excluding hydrogens is 255 g/mol. The first-order valence-corrected chi connectivity index (χ1v) is 6.88. The number of hydrogen-bond donors (Lipinski definition) is 0. The van der Waals surface area contributed by atoms with E-state index in [0.29, 0.717) is 20.8 Å². The first-order valence-electron chi connectivity index (χ1n) is 4.81. The monoisotopic (exact) mass is 268 g/mol. The second-order valence-corrected chi connectivity index (χ2v) is 5.58. The first kappa shape index (κ1) is 10.4. The third-order valence-electron chi connectivity index (χ3n) is 1.90. The number of aryl methyl sites for hydroxylation is 2. The zero-order chi connectivity index (χ0) is 10.5. The molecule has 0 aliphatic rings. The summed E-state index contributed by atoms with van der Waals surface area (Å²) in [6.45, 7) is 1.82. The fraction of sp³-hybridized carbons (Fsp3) is 0.273. The number of hydrogen-bond acceptors (Lipinski definition) is 3. The van der Waals surface area contributed by atoms with E-state index < -0.39 is 0 Å².